The number of hydrogen-bond acceptors (Lipinski definition) is 7. The van der Waals surface area contributed by atoms with Crippen LogP contribution in [0.3, 0.4) is 0 Å². The minimum atomic E-state index is -0.252. The van der Waals surface area contributed by atoms with Crippen molar-refractivity contribution in [3.63, 3.8) is 0 Å². The largest absolute Gasteiger partial charge is 0.495 e. The summed E-state index contributed by atoms with van der Waals surface area (Å²) in [6.07, 6.45) is 2.85. The lowest BCUT2D eigenvalue weighted by atomic mass is 10.1. The molecule has 1 saturated heterocycles. The van der Waals surface area contributed by atoms with Crippen molar-refractivity contribution in [2.45, 2.75) is 12.1 Å². The third kappa shape index (κ3) is 4.67. The standard InChI is InChI=1S/C24H25Cl2N5O4/c1-5-20(32)30-15-11-27-10-14(15)29-19-7-13-12(9-28-19)6-16(31(2)24(13)33)21-22(25)17(34-3)8-18(35-4)23(21)26/h5-9,14-15,27H,1,10-11H2,2-4H3,(H,28,29)(H,30,32). The van der Waals surface area contributed by atoms with E-state index in [-0.39, 0.29) is 33.6 Å². The van der Waals surface area contributed by atoms with E-state index in [1.807, 2.05) is 0 Å². The molecule has 2 atom stereocenters. The first-order valence-electron chi connectivity index (χ1n) is 10.8. The summed E-state index contributed by atoms with van der Waals surface area (Å²) in [6, 6.07) is 4.84. The van der Waals surface area contributed by atoms with Gasteiger partial charge < -0.3 is 30.0 Å². The third-order valence-electron chi connectivity index (χ3n) is 6.01. The van der Waals surface area contributed by atoms with Gasteiger partial charge in [0.25, 0.3) is 5.56 Å². The van der Waals surface area contributed by atoms with Crippen LogP contribution >= 0.6 is 23.2 Å². The molecule has 11 heteroatoms. The fourth-order valence-electron chi connectivity index (χ4n) is 4.14. The summed E-state index contributed by atoms with van der Waals surface area (Å²) in [7, 11) is 4.62. The van der Waals surface area contributed by atoms with Gasteiger partial charge in [0.15, 0.2) is 0 Å². The maximum atomic E-state index is 13.4. The summed E-state index contributed by atoms with van der Waals surface area (Å²) in [5, 5.41) is 11.0. The predicted octanol–water partition coefficient (Wildman–Crippen LogP) is 2.98. The molecular weight excluding hydrogens is 493 g/mol. The molecule has 1 aliphatic rings. The van der Waals surface area contributed by atoms with Crippen LogP contribution in [0.15, 0.2) is 41.8 Å². The van der Waals surface area contributed by atoms with Crippen molar-refractivity contribution >= 4 is 45.7 Å². The van der Waals surface area contributed by atoms with Gasteiger partial charge in [-0.1, -0.05) is 29.8 Å². The summed E-state index contributed by atoms with van der Waals surface area (Å²) >= 11 is 13.2. The fraction of sp³-hybridized carbons (Fsp3) is 0.292. The second-order valence-corrected chi connectivity index (χ2v) is 8.82. The molecule has 3 heterocycles. The number of ether oxygens (including phenoxy) is 2. The third-order valence-corrected chi connectivity index (χ3v) is 6.76. The summed E-state index contributed by atoms with van der Waals surface area (Å²) < 4.78 is 12.2. The Labute approximate surface area is 212 Å². The molecule has 3 N–H and O–H groups in total. The number of halogens is 2. The summed E-state index contributed by atoms with van der Waals surface area (Å²) in [4.78, 5) is 29.6. The van der Waals surface area contributed by atoms with Crippen molar-refractivity contribution in [3.8, 4) is 22.8 Å². The highest BCUT2D eigenvalue weighted by atomic mass is 35.5. The zero-order valence-corrected chi connectivity index (χ0v) is 21.0. The van der Waals surface area contributed by atoms with Gasteiger partial charge in [0.2, 0.25) is 5.91 Å². The minimum absolute atomic E-state index is 0.103. The van der Waals surface area contributed by atoms with Crippen molar-refractivity contribution in [2.75, 3.05) is 32.6 Å². The van der Waals surface area contributed by atoms with Gasteiger partial charge in [0.05, 0.1) is 47.4 Å². The van der Waals surface area contributed by atoms with E-state index in [0.717, 1.165) is 0 Å². The molecule has 184 valence electrons. The Kier molecular flexibility index (Phi) is 7.20. The maximum Gasteiger partial charge on any atom is 0.258 e. The van der Waals surface area contributed by atoms with Crippen LogP contribution in [-0.4, -0.2) is 54.9 Å². The maximum absolute atomic E-state index is 13.4. The molecule has 0 aliphatic carbocycles. The van der Waals surface area contributed by atoms with Crippen molar-refractivity contribution in [2.24, 2.45) is 7.05 Å². The SMILES string of the molecule is C=CC(=O)NC1CNCC1Nc1cc2c(=O)n(C)c(-c3c(Cl)c(OC)cc(OC)c3Cl)cc2cn1. The van der Waals surface area contributed by atoms with Crippen LogP contribution in [0.2, 0.25) is 10.0 Å². The molecule has 1 aromatic carbocycles. The minimum Gasteiger partial charge on any atom is -0.495 e. The van der Waals surface area contributed by atoms with E-state index < -0.39 is 0 Å². The van der Waals surface area contributed by atoms with Gasteiger partial charge in [-0.25, -0.2) is 4.98 Å². The number of aromatic nitrogens is 2. The normalized spacial score (nSPS) is 17.3. The molecule has 0 spiro atoms. The Morgan fingerprint density at radius 2 is 1.83 bits per heavy atom. The Hall–Kier alpha value is -3.27. The number of carbonyl (C=O) groups excluding carboxylic acids is 1. The van der Waals surface area contributed by atoms with Crippen LogP contribution in [0.5, 0.6) is 11.5 Å². The van der Waals surface area contributed by atoms with Crippen LogP contribution < -0.4 is 31.0 Å². The highest BCUT2D eigenvalue weighted by molar-refractivity contribution is 6.41. The van der Waals surface area contributed by atoms with Crippen LogP contribution in [0, 0.1) is 0 Å². The number of rotatable bonds is 7. The molecule has 2 unspecified atom stereocenters. The molecule has 3 aromatic rings. The first kappa shape index (κ1) is 24.8. The van der Waals surface area contributed by atoms with Gasteiger partial charge in [-0.05, 0) is 18.2 Å². The molecule has 1 amide bonds. The molecule has 1 aliphatic heterocycles. The number of fused-ring (bicyclic) bond motifs is 1. The predicted molar refractivity (Wildman–Crippen MR) is 138 cm³/mol. The molecule has 2 aromatic heterocycles. The molecule has 4 rings (SSSR count). The Balaban J connectivity index is 1.75. The zero-order chi connectivity index (χ0) is 25.3. The number of anilines is 1. The van der Waals surface area contributed by atoms with E-state index in [9.17, 15) is 9.59 Å². The summed E-state index contributed by atoms with van der Waals surface area (Å²) in [5.41, 5.74) is 0.661. The van der Waals surface area contributed by atoms with E-state index in [1.54, 1.807) is 31.4 Å². The monoisotopic (exact) mass is 517 g/mol. The quantitative estimate of drug-likeness (QED) is 0.413. The lowest BCUT2D eigenvalue weighted by Gasteiger charge is -2.21. The topological polar surface area (TPSA) is 107 Å². The van der Waals surface area contributed by atoms with E-state index in [4.69, 9.17) is 32.7 Å². The lowest BCUT2D eigenvalue weighted by Crippen LogP contribution is -2.45. The number of pyridine rings is 2. The van der Waals surface area contributed by atoms with Gasteiger partial charge in [-0.3, -0.25) is 9.59 Å². The molecule has 0 saturated carbocycles. The molecule has 1 fully saturated rings. The second-order valence-electron chi connectivity index (χ2n) is 8.06. The van der Waals surface area contributed by atoms with Gasteiger partial charge >= 0.3 is 0 Å². The number of amides is 1. The van der Waals surface area contributed by atoms with Gasteiger partial charge in [-0.2, -0.15) is 0 Å². The van der Waals surface area contributed by atoms with Crippen LogP contribution in [0.4, 0.5) is 5.82 Å². The number of carbonyl (C=O) groups is 1. The molecule has 9 nitrogen and oxygen atoms in total. The van der Waals surface area contributed by atoms with Gasteiger partial charge in [0.1, 0.15) is 17.3 Å². The number of nitrogens with zero attached hydrogens (tertiary/aromatic N) is 2. The average Bonchev–Trinajstić information content (AvgIpc) is 3.28. The summed E-state index contributed by atoms with van der Waals surface area (Å²) in [6.45, 7) is 4.74. The fourth-order valence-corrected chi connectivity index (χ4v) is 4.84. The lowest BCUT2D eigenvalue weighted by molar-refractivity contribution is -0.117. The smallest absolute Gasteiger partial charge is 0.258 e. The number of nitrogens with one attached hydrogen (secondary N) is 3. The van der Waals surface area contributed by atoms with E-state index in [0.29, 0.717) is 52.4 Å². The molecular formula is C24H25Cl2N5O4. The number of hydrogen-bond donors (Lipinski definition) is 3. The van der Waals surface area contributed by atoms with Crippen molar-refractivity contribution in [1.29, 1.82) is 0 Å². The van der Waals surface area contributed by atoms with Crippen LogP contribution in [0.1, 0.15) is 0 Å². The summed E-state index contributed by atoms with van der Waals surface area (Å²) in [5.74, 6) is 1.02. The molecule has 35 heavy (non-hydrogen) atoms. The zero-order valence-electron chi connectivity index (χ0n) is 19.4. The second kappa shape index (κ2) is 10.2. The first-order valence-corrected chi connectivity index (χ1v) is 11.5. The first-order chi connectivity index (χ1) is 16.8. The Morgan fingerprint density at radius 3 is 2.46 bits per heavy atom. The van der Waals surface area contributed by atoms with Crippen molar-refractivity contribution in [1.82, 2.24) is 20.2 Å². The van der Waals surface area contributed by atoms with Crippen molar-refractivity contribution in [3.05, 3.63) is 57.4 Å². The van der Waals surface area contributed by atoms with Crippen LogP contribution in [0.25, 0.3) is 22.0 Å². The van der Waals surface area contributed by atoms with Crippen molar-refractivity contribution < 1.29 is 14.3 Å². The molecule has 0 bridgehead atoms. The highest BCUT2D eigenvalue weighted by Crippen LogP contribution is 2.45. The van der Waals surface area contributed by atoms with E-state index in [2.05, 4.69) is 27.5 Å². The van der Waals surface area contributed by atoms with Gasteiger partial charge in [-0.15, -0.1) is 0 Å². The van der Waals surface area contributed by atoms with Gasteiger partial charge in [0, 0.05) is 43.4 Å². The Bertz CT molecular complexity index is 1350. The Morgan fingerprint density at radius 1 is 1.17 bits per heavy atom. The highest BCUT2D eigenvalue weighted by Gasteiger charge is 2.28. The van der Waals surface area contributed by atoms with Crippen LogP contribution in [-0.2, 0) is 11.8 Å². The van der Waals surface area contributed by atoms with E-state index in [1.165, 1.54) is 24.9 Å². The molecule has 0 radical (unpaired) electrons. The number of methoxy groups -OCH3 is 2. The van der Waals surface area contributed by atoms with E-state index >= 15 is 0 Å². The average molecular weight is 518 g/mol. The number of benzene rings is 1.